The second-order valence-electron chi connectivity index (χ2n) is 3.83. The summed E-state index contributed by atoms with van der Waals surface area (Å²) in [7, 11) is 0. The lowest BCUT2D eigenvalue weighted by Gasteiger charge is -2.05. The van der Waals surface area contributed by atoms with Gasteiger partial charge in [-0.05, 0) is 43.7 Å². The molecule has 0 aliphatic heterocycles. The Kier molecular flexibility index (Phi) is 6.10. The van der Waals surface area contributed by atoms with E-state index in [0.717, 1.165) is 34.6 Å². The Morgan fingerprint density at radius 1 is 1.50 bits per heavy atom. The third-order valence-electron chi connectivity index (χ3n) is 2.19. The van der Waals surface area contributed by atoms with Gasteiger partial charge in [-0.25, -0.2) is 0 Å². The van der Waals surface area contributed by atoms with E-state index >= 15 is 0 Å². The first-order valence-corrected chi connectivity index (χ1v) is 6.63. The lowest BCUT2D eigenvalue weighted by Crippen LogP contribution is -2.16. The molecule has 1 N–H and O–H groups in total. The highest BCUT2D eigenvalue weighted by atomic mass is 79.9. The molecule has 0 atom stereocenters. The molecule has 1 aromatic carbocycles. The van der Waals surface area contributed by atoms with Crippen LogP contribution < -0.4 is 5.32 Å². The maximum absolute atomic E-state index is 5.96. The largest absolute Gasteiger partial charge is 0.313 e. The first-order valence-electron chi connectivity index (χ1n) is 5.46. The van der Waals surface area contributed by atoms with Crippen LogP contribution in [0.2, 0.25) is 5.02 Å². The second-order valence-corrected chi connectivity index (χ2v) is 5.12. The summed E-state index contributed by atoms with van der Waals surface area (Å²) in [4.78, 5) is 0. The molecule has 0 amide bonds. The number of rotatable bonds is 5. The van der Waals surface area contributed by atoms with Crippen LogP contribution in [0.3, 0.4) is 0 Å². The Labute approximate surface area is 111 Å². The predicted molar refractivity (Wildman–Crippen MR) is 76.0 cm³/mol. The Morgan fingerprint density at radius 3 is 2.94 bits per heavy atom. The number of nitrogens with one attached hydrogen (secondary N) is 1. The average molecular weight is 303 g/mol. The highest BCUT2D eigenvalue weighted by Gasteiger charge is 1.98. The number of hydrogen-bond acceptors (Lipinski definition) is 1. The zero-order chi connectivity index (χ0) is 12.0. The maximum atomic E-state index is 5.96. The molecule has 0 bridgehead atoms. The van der Waals surface area contributed by atoms with Gasteiger partial charge >= 0.3 is 0 Å². The van der Waals surface area contributed by atoms with Crippen LogP contribution in [0.25, 0.3) is 6.08 Å². The van der Waals surface area contributed by atoms with Crippen molar-refractivity contribution >= 4 is 33.6 Å². The predicted octanol–water partition coefficient (Wildman–Crippen LogP) is 4.51. The Balaban J connectivity index is 2.69. The number of benzene rings is 1. The topological polar surface area (TPSA) is 12.0 Å². The zero-order valence-electron chi connectivity index (χ0n) is 9.69. The van der Waals surface area contributed by atoms with Gasteiger partial charge < -0.3 is 5.32 Å². The molecule has 0 spiro atoms. The van der Waals surface area contributed by atoms with Crippen LogP contribution in [0.4, 0.5) is 0 Å². The van der Waals surface area contributed by atoms with Gasteiger partial charge in [-0.2, -0.15) is 0 Å². The average Bonchev–Trinajstić information content (AvgIpc) is 2.24. The normalized spacial score (nSPS) is 11.9. The van der Waals surface area contributed by atoms with Gasteiger partial charge in [-0.1, -0.05) is 46.1 Å². The molecule has 0 radical (unpaired) electrons. The van der Waals surface area contributed by atoms with Crippen molar-refractivity contribution in [3.63, 3.8) is 0 Å². The van der Waals surface area contributed by atoms with Gasteiger partial charge in [0.05, 0.1) is 0 Å². The molecule has 88 valence electrons. The van der Waals surface area contributed by atoms with Crippen molar-refractivity contribution in [1.82, 2.24) is 5.32 Å². The highest BCUT2D eigenvalue weighted by Crippen LogP contribution is 2.23. The van der Waals surface area contributed by atoms with E-state index < -0.39 is 0 Å². The van der Waals surface area contributed by atoms with Crippen molar-refractivity contribution < 1.29 is 0 Å². The Morgan fingerprint density at radius 2 is 2.25 bits per heavy atom. The lowest BCUT2D eigenvalue weighted by molar-refractivity contribution is 0.715. The smallest absolute Gasteiger partial charge is 0.0412 e. The third-order valence-corrected chi connectivity index (χ3v) is 3.15. The van der Waals surface area contributed by atoms with Crippen molar-refractivity contribution in [2.45, 2.75) is 20.3 Å². The summed E-state index contributed by atoms with van der Waals surface area (Å²) in [5.41, 5.74) is 2.43. The molecular formula is C13H17BrClN. The fourth-order valence-electron chi connectivity index (χ4n) is 1.40. The molecule has 1 rings (SSSR count). The van der Waals surface area contributed by atoms with E-state index in [0.29, 0.717) is 0 Å². The van der Waals surface area contributed by atoms with Crippen molar-refractivity contribution in [1.29, 1.82) is 0 Å². The van der Waals surface area contributed by atoms with Gasteiger partial charge in [0.25, 0.3) is 0 Å². The fraction of sp³-hybridized carbons (Fsp3) is 0.385. The molecule has 0 aliphatic rings. The molecule has 0 aromatic heterocycles. The van der Waals surface area contributed by atoms with Gasteiger partial charge in [0.2, 0.25) is 0 Å². The summed E-state index contributed by atoms with van der Waals surface area (Å²) in [5.74, 6) is 0. The standard InChI is InChI=1S/C13H17BrClN/c1-3-6-16-9-10(2)7-11-8-12(15)4-5-13(11)14/h4-5,7-8,16H,3,6,9H2,1-2H3. The van der Waals surface area contributed by atoms with Gasteiger partial charge in [0.1, 0.15) is 0 Å². The van der Waals surface area contributed by atoms with E-state index in [1.54, 1.807) is 0 Å². The fourth-order valence-corrected chi connectivity index (χ4v) is 1.95. The van der Waals surface area contributed by atoms with Crippen LogP contribution in [0, 0.1) is 0 Å². The molecule has 1 aromatic rings. The zero-order valence-corrected chi connectivity index (χ0v) is 12.0. The van der Waals surface area contributed by atoms with Gasteiger partial charge in [-0.15, -0.1) is 0 Å². The summed E-state index contributed by atoms with van der Waals surface area (Å²) in [5, 5.41) is 4.14. The molecule has 0 fully saturated rings. The molecular weight excluding hydrogens is 286 g/mol. The first-order chi connectivity index (χ1) is 7.63. The van der Waals surface area contributed by atoms with Crippen LogP contribution in [-0.2, 0) is 0 Å². The van der Waals surface area contributed by atoms with Crippen molar-refractivity contribution in [3.05, 3.63) is 38.8 Å². The van der Waals surface area contributed by atoms with Crippen molar-refractivity contribution in [3.8, 4) is 0 Å². The molecule has 0 aliphatic carbocycles. The SMILES string of the molecule is CCCNCC(C)=Cc1cc(Cl)ccc1Br. The van der Waals surface area contributed by atoms with Crippen LogP contribution in [0.15, 0.2) is 28.2 Å². The van der Waals surface area contributed by atoms with E-state index in [9.17, 15) is 0 Å². The lowest BCUT2D eigenvalue weighted by atomic mass is 10.1. The minimum atomic E-state index is 0.767. The van der Waals surface area contributed by atoms with Crippen molar-refractivity contribution in [2.75, 3.05) is 13.1 Å². The molecule has 0 unspecified atom stereocenters. The van der Waals surface area contributed by atoms with E-state index in [2.05, 4.69) is 41.2 Å². The summed E-state index contributed by atoms with van der Waals surface area (Å²) in [6, 6.07) is 5.82. The highest BCUT2D eigenvalue weighted by molar-refractivity contribution is 9.10. The van der Waals surface area contributed by atoms with E-state index in [-0.39, 0.29) is 0 Å². The van der Waals surface area contributed by atoms with Gasteiger partial charge in [-0.3, -0.25) is 0 Å². The molecule has 3 heteroatoms. The molecule has 0 heterocycles. The third kappa shape index (κ3) is 4.69. The summed E-state index contributed by atoms with van der Waals surface area (Å²) >= 11 is 9.48. The molecule has 1 nitrogen and oxygen atoms in total. The van der Waals surface area contributed by atoms with E-state index in [4.69, 9.17) is 11.6 Å². The van der Waals surface area contributed by atoms with Gasteiger partial charge in [0, 0.05) is 16.0 Å². The summed E-state index contributed by atoms with van der Waals surface area (Å²) in [6.45, 7) is 6.27. The minimum absolute atomic E-state index is 0.767. The summed E-state index contributed by atoms with van der Waals surface area (Å²) < 4.78 is 1.08. The monoisotopic (exact) mass is 301 g/mol. The van der Waals surface area contributed by atoms with Crippen LogP contribution >= 0.6 is 27.5 Å². The van der Waals surface area contributed by atoms with E-state index in [1.165, 1.54) is 5.57 Å². The Hall–Kier alpha value is -0.310. The van der Waals surface area contributed by atoms with Crippen LogP contribution in [0.1, 0.15) is 25.8 Å². The van der Waals surface area contributed by atoms with Crippen LogP contribution in [-0.4, -0.2) is 13.1 Å². The second kappa shape index (κ2) is 7.10. The number of hydrogen-bond donors (Lipinski definition) is 1. The Bertz CT molecular complexity index is 374. The molecule has 16 heavy (non-hydrogen) atoms. The quantitative estimate of drug-likeness (QED) is 0.789. The van der Waals surface area contributed by atoms with Crippen LogP contribution in [0.5, 0.6) is 0 Å². The molecule has 0 saturated carbocycles. The maximum Gasteiger partial charge on any atom is 0.0412 e. The van der Waals surface area contributed by atoms with E-state index in [1.807, 2.05) is 18.2 Å². The minimum Gasteiger partial charge on any atom is -0.313 e. The van der Waals surface area contributed by atoms with Crippen molar-refractivity contribution in [2.24, 2.45) is 0 Å². The summed E-state index contributed by atoms with van der Waals surface area (Å²) in [6.07, 6.45) is 3.31. The number of halogens is 2. The van der Waals surface area contributed by atoms with Gasteiger partial charge in [0.15, 0.2) is 0 Å². The first kappa shape index (κ1) is 13.8. The molecule has 0 saturated heterocycles.